The topological polar surface area (TPSA) is 87.5 Å². The molecule has 22 heavy (non-hydrogen) atoms. The summed E-state index contributed by atoms with van der Waals surface area (Å²) in [6, 6.07) is 0. The molecule has 0 unspecified atom stereocenters. The number of nitrogens with two attached hydrogens (primary N) is 1. The predicted octanol–water partition coefficient (Wildman–Crippen LogP) is -0.158. The van der Waals surface area contributed by atoms with Crippen molar-refractivity contribution >= 4 is 11.8 Å². The highest BCUT2D eigenvalue weighted by molar-refractivity contribution is 5.85. The maximum atomic E-state index is 12.3. The van der Waals surface area contributed by atoms with Gasteiger partial charge in [-0.15, -0.1) is 0 Å². The van der Waals surface area contributed by atoms with E-state index >= 15 is 0 Å². The first-order valence-electron chi connectivity index (χ1n) is 7.32. The Balaban J connectivity index is 2.10. The highest BCUT2D eigenvalue weighted by Crippen LogP contribution is 2.23. The van der Waals surface area contributed by atoms with Crippen LogP contribution in [0.3, 0.4) is 0 Å². The Labute approximate surface area is 127 Å². The van der Waals surface area contributed by atoms with E-state index in [1.54, 1.807) is 0 Å². The largest absolute Gasteiger partial charge is 0.401 e. The Kier molecular flexibility index (Phi) is 7.60. The van der Waals surface area contributed by atoms with Crippen LogP contribution in [0.25, 0.3) is 0 Å². The van der Waals surface area contributed by atoms with Crippen LogP contribution in [0.15, 0.2) is 0 Å². The van der Waals surface area contributed by atoms with Gasteiger partial charge in [0, 0.05) is 6.54 Å². The number of hydrogen-bond donors (Lipinski definition) is 3. The van der Waals surface area contributed by atoms with Gasteiger partial charge < -0.3 is 16.4 Å². The molecule has 0 aromatic carbocycles. The van der Waals surface area contributed by atoms with Crippen LogP contribution < -0.4 is 16.4 Å². The van der Waals surface area contributed by atoms with Crippen LogP contribution in [0.4, 0.5) is 13.2 Å². The molecule has 0 atom stereocenters. The minimum atomic E-state index is -4.14. The Bertz CT molecular complexity index is 369. The molecule has 6 nitrogen and oxygen atoms in total. The Morgan fingerprint density at radius 1 is 1.14 bits per heavy atom. The predicted molar refractivity (Wildman–Crippen MR) is 74.9 cm³/mol. The summed E-state index contributed by atoms with van der Waals surface area (Å²) in [5.41, 5.74) is 5.09. The molecule has 0 bridgehead atoms. The van der Waals surface area contributed by atoms with Gasteiger partial charge in [0.15, 0.2) is 0 Å². The van der Waals surface area contributed by atoms with E-state index in [4.69, 9.17) is 5.73 Å². The van der Waals surface area contributed by atoms with Crippen LogP contribution in [-0.4, -0.2) is 62.2 Å². The van der Waals surface area contributed by atoms with Crippen molar-refractivity contribution in [2.24, 2.45) is 11.7 Å². The third-order valence-electron chi connectivity index (χ3n) is 3.62. The molecule has 0 aromatic rings. The van der Waals surface area contributed by atoms with E-state index < -0.39 is 18.6 Å². The van der Waals surface area contributed by atoms with Gasteiger partial charge in [0.1, 0.15) is 0 Å². The lowest BCUT2D eigenvalue weighted by Gasteiger charge is -2.32. The third kappa shape index (κ3) is 8.18. The van der Waals surface area contributed by atoms with E-state index in [0.29, 0.717) is 38.4 Å². The Hall–Kier alpha value is -1.35. The van der Waals surface area contributed by atoms with E-state index in [2.05, 4.69) is 10.6 Å². The molecule has 1 aliphatic heterocycles. The van der Waals surface area contributed by atoms with Crippen molar-refractivity contribution in [2.45, 2.75) is 25.4 Å². The Morgan fingerprint density at radius 2 is 1.77 bits per heavy atom. The van der Waals surface area contributed by atoms with Crippen molar-refractivity contribution < 1.29 is 22.8 Å². The summed E-state index contributed by atoms with van der Waals surface area (Å²) in [5, 5.41) is 5.03. The first kappa shape index (κ1) is 18.7. The molecule has 0 spiro atoms. The van der Waals surface area contributed by atoms with Gasteiger partial charge in [0.05, 0.1) is 19.6 Å². The van der Waals surface area contributed by atoms with Crippen LogP contribution in [0.1, 0.15) is 19.3 Å². The molecule has 0 aromatic heterocycles. The van der Waals surface area contributed by atoms with E-state index in [-0.39, 0.29) is 19.0 Å². The third-order valence-corrected chi connectivity index (χ3v) is 3.62. The smallest absolute Gasteiger partial charge is 0.355 e. The number of amides is 2. The quantitative estimate of drug-likeness (QED) is 0.607. The molecule has 0 aliphatic carbocycles. The first-order valence-corrected chi connectivity index (χ1v) is 7.32. The lowest BCUT2D eigenvalue weighted by atomic mass is 9.93. The number of halogens is 3. The minimum absolute atomic E-state index is 0.111. The zero-order valence-electron chi connectivity index (χ0n) is 12.4. The zero-order chi connectivity index (χ0) is 16.6. The molecule has 1 saturated heterocycles. The van der Waals surface area contributed by atoms with E-state index in [1.807, 2.05) is 0 Å². The minimum Gasteiger partial charge on any atom is -0.355 e. The van der Waals surface area contributed by atoms with Crippen molar-refractivity contribution in [2.75, 3.05) is 39.3 Å². The number of nitrogens with one attached hydrogen (secondary N) is 2. The van der Waals surface area contributed by atoms with Gasteiger partial charge in [-0.3, -0.25) is 14.5 Å². The summed E-state index contributed by atoms with van der Waals surface area (Å²) in [4.78, 5) is 23.7. The van der Waals surface area contributed by atoms with Crippen LogP contribution in [-0.2, 0) is 9.59 Å². The van der Waals surface area contributed by atoms with Crippen molar-refractivity contribution in [1.82, 2.24) is 15.5 Å². The van der Waals surface area contributed by atoms with Crippen molar-refractivity contribution in [1.29, 1.82) is 0 Å². The van der Waals surface area contributed by atoms with Crippen molar-refractivity contribution in [3.63, 3.8) is 0 Å². The summed E-state index contributed by atoms with van der Waals surface area (Å²) in [6.45, 7) is 0.206. The lowest BCUT2D eigenvalue weighted by Crippen LogP contribution is -2.41. The fourth-order valence-electron chi connectivity index (χ4n) is 2.42. The summed E-state index contributed by atoms with van der Waals surface area (Å²) >= 11 is 0. The average molecular weight is 324 g/mol. The number of likely N-dealkylation sites (tertiary alicyclic amines) is 1. The number of rotatable bonds is 7. The van der Waals surface area contributed by atoms with Gasteiger partial charge in [0.25, 0.3) is 0 Å². The summed E-state index contributed by atoms with van der Waals surface area (Å²) in [5.74, 6) is -0.369. The molecular weight excluding hydrogens is 301 g/mol. The highest BCUT2D eigenvalue weighted by atomic mass is 19.4. The van der Waals surface area contributed by atoms with Gasteiger partial charge in [0.2, 0.25) is 11.8 Å². The van der Waals surface area contributed by atoms with Crippen LogP contribution in [0.2, 0.25) is 0 Å². The van der Waals surface area contributed by atoms with Crippen molar-refractivity contribution in [3.05, 3.63) is 0 Å². The SMILES string of the molecule is NCC(=O)NCC(=O)NCCC1CCN(CC(F)(F)F)CC1. The fraction of sp³-hybridized carbons (Fsp3) is 0.846. The maximum absolute atomic E-state index is 12.3. The van der Waals surface area contributed by atoms with Gasteiger partial charge in [-0.1, -0.05) is 0 Å². The van der Waals surface area contributed by atoms with Crippen LogP contribution in [0.5, 0.6) is 0 Å². The molecule has 4 N–H and O–H groups in total. The average Bonchev–Trinajstić information content (AvgIpc) is 2.45. The van der Waals surface area contributed by atoms with Gasteiger partial charge in [-0.25, -0.2) is 0 Å². The number of alkyl halides is 3. The fourth-order valence-corrected chi connectivity index (χ4v) is 2.42. The van der Waals surface area contributed by atoms with Gasteiger partial charge >= 0.3 is 6.18 Å². The summed E-state index contributed by atoms with van der Waals surface area (Å²) < 4.78 is 36.8. The van der Waals surface area contributed by atoms with Crippen LogP contribution in [0, 0.1) is 5.92 Å². The molecule has 2 amide bonds. The standard InChI is InChI=1S/C13H23F3N4O2/c14-13(15,16)9-20-5-2-10(3-6-20)1-4-18-12(22)8-19-11(21)7-17/h10H,1-9,17H2,(H,18,22)(H,19,21). The summed E-state index contributed by atoms with van der Waals surface area (Å²) in [6.07, 6.45) is -2.00. The molecule has 128 valence electrons. The molecular formula is C13H23F3N4O2. The number of carbonyl (C=O) groups excluding carboxylic acids is 2. The number of carbonyl (C=O) groups is 2. The lowest BCUT2D eigenvalue weighted by molar-refractivity contribution is -0.148. The second kappa shape index (κ2) is 8.94. The van der Waals surface area contributed by atoms with E-state index in [0.717, 1.165) is 6.42 Å². The summed E-state index contributed by atoms with van der Waals surface area (Å²) in [7, 11) is 0. The molecule has 1 heterocycles. The highest BCUT2D eigenvalue weighted by Gasteiger charge is 2.32. The van der Waals surface area contributed by atoms with E-state index in [1.165, 1.54) is 4.90 Å². The molecule has 0 radical (unpaired) electrons. The zero-order valence-corrected chi connectivity index (χ0v) is 12.4. The number of nitrogens with zero attached hydrogens (tertiary/aromatic N) is 1. The van der Waals surface area contributed by atoms with Gasteiger partial charge in [-0.2, -0.15) is 13.2 Å². The van der Waals surface area contributed by atoms with E-state index in [9.17, 15) is 22.8 Å². The number of piperidine rings is 1. The number of hydrogen-bond acceptors (Lipinski definition) is 4. The monoisotopic (exact) mass is 324 g/mol. The van der Waals surface area contributed by atoms with Gasteiger partial charge in [-0.05, 0) is 38.3 Å². The first-order chi connectivity index (χ1) is 10.3. The molecule has 1 fully saturated rings. The molecule has 0 saturated carbocycles. The molecule has 1 aliphatic rings. The second-order valence-electron chi connectivity index (χ2n) is 5.45. The molecule has 1 rings (SSSR count). The van der Waals surface area contributed by atoms with Crippen LogP contribution >= 0.6 is 0 Å². The van der Waals surface area contributed by atoms with Crippen molar-refractivity contribution in [3.8, 4) is 0 Å². The molecule has 9 heteroatoms. The Morgan fingerprint density at radius 3 is 2.32 bits per heavy atom. The second-order valence-corrected chi connectivity index (χ2v) is 5.45. The normalized spacial score (nSPS) is 17.3. The maximum Gasteiger partial charge on any atom is 0.401 e.